The number of nitrogens with zero attached hydrogens (tertiary/aromatic N) is 2. The number of urea groups is 1. The van der Waals surface area contributed by atoms with Gasteiger partial charge in [-0.15, -0.1) is 0 Å². The lowest BCUT2D eigenvalue weighted by molar-refractivity contribution is -0.129. The average molecular weight is 379 g/mol. The fraction of sp³-hybridized carbons (Fsp3) is 0.476. The molecule has 2 fully saturated rings. The van der Waals surface area contributed by atoms with E-state index in [4.69, 9.17) is 0 Å². The van der Waals surface area contributed by atoms with Crippen molar-refractivity contribution < 1.29 is 9.59 Å². The van der Waals surface area contributed by atoms with E-state index in [0.29, 0.717) is 25.6 Å². The van der Waals surface area contributed by atoms with Crippen molar-refractivity contribution >= 4 is 23.0 Å². The number of H-pyrrole nitrogens is 1. The second kappa shape index (κ2) is 8.34. The van der Waals surface area contributed by atoms with Gasteiger partial charge in [-0.3, -0.25) is 4.79 Å². The van der Waals surface area contributed by atoms with Crippen LogP contribution < -0.4 is 10.6 Å². The lowest BCUT2D eigenvalue weighted by Crippen LogP contribution is -2.62. The van der Waals surface area contributed by atoms with E-state index in [0.717, 1.165) is 29.4 Å². The molecule has 1 aliphatic heterocycles. The van der Waals surface area contributed by atoms with Gasteiger partial charge >= 0.3 is 6.03 Å². The van der Waals surface area contributed by atoms with Crippen molar-refractivity contribution in [2.75, 3.05) is 13.1 Å². The minimum Gasteiger partial charge on any atom is -0.346 e. The summed E-state index contributed by atoms with van der Waals surface area (Å²) in [5, 5.41) is 6.77. The molecule has 1 saturated heterocycles. The SMILES string of the molecule is O=C(NCc1ccnc2[nH]ccc12)NC1CN(C(=O)C#CC2CCCCC2)C1. The molecule has 2 aliphatic rings. The molecule has 4 rings (SSSR count). The zero-order valence-electron chi connectivity index (χ0n) is 15.8. The molecule has 0 radical (unpaired) electrons. The van der Waals surface area contributed by atoms with Crippen LogP contribution in [-0.2, 0) is 11.3 Å². The molecule has 3 heterocycles. The number of likely N-dealkylation sites (tertiary alicyclic amines) is 1. The molecule has 0 atom stereocenters. The number of aromatic nitrogens is 2. The summed E-state index contributed by atoms with van der Waals surface area (Å²) in [4.78, 5) is 33.2. The summed E-state index contributed by atoms with van der Waals surface area (Å²) < 4.78 is 0. The molecular formula is C21H25N5O2. The minimum atomic E-state index is -0.231. The highest BCUT2D eigenvalue weighted by atomic mass is 16.2. The van der Waals surface area contributed by atoms with Crippen LogP contribution in [0.1, 0.15) is 37.7 Å². The van der Waals surface area contributed by atoms with Crippen molar-refractivity contribution in [3.05, 3.63) is 30.1 Å². The maximum atomic E-state index is 12.1. The molecule has 3 amide bonds. The molecule has 3 N–H and O–H groups in total. The van der Waals surface area contributed by atoms with Gasteiger partial charge in [-0.2, -0.15) is 0 Å². The predicted molar refractivity (Wildman–Crippen MR) is 106 cm³/mol. The first-order chi connectivity index (χ1) is 13.7. The second-order valence-electron chi connectivity index (χ2n) is 7.55. The lowest BCUT2D eigenvalue weighted by Gasteiger charge is -2.38. The van der Waals surface area contributed by atoms with E-state index in [9.17, 15) is 9.59 Å². The van der Waals surface area contributed by atoms with Gasteiger partial charge in [0.05, 0.1) is 6.04 Å². The lowest BCUT2D eigenvalue weighted by atomic mass is 9.90. The molecule has 1 aliphatic carbocycles. The number of aromatic amines is 1. The van der Waals surface area contributed by atoms with E-state index < -0.39 is 0 Å². The molecule has 1 saturated carbocycles. The summed E-state index contributed by atoms with van der Waals surface area (Å²) >= 11 is 0. The third-order valence-corrected chi connectivity index (χ3v) is 5.48. The molecule has 146 valence electrons. The third-order valence-electron chi connectivity index (χ3n) is 5.48. The average Bonchev–Trinajstić information content (AvgIpc) is 3.17. The van der Waals surface area contributed by atoms with E-state index in [1.807, 2.05) is 18.3 Å². The minimum absolute atomic E-state index is 0.0230. The van der Waals surface area contributed by atoms with E-state index >= 15 is 0 Å². The molecular weight excluding hydrogens is 354 g/mol. The van der Waals surface area contributed by atoms with E-state index in [1.165, 1.54) is 19.3 Å². The van der Waals surface area contributed by atoms with Crippen LogP contribution in [0.5, 0.6) is 0 Å². The number of fused-ring (bicyclic) bond motifs is 1. The first-order valence-electron chi connectivity index (χ1n) is 9.95. The van der Waals surface area contributed by atoms with Gasteiger partial charge in [0.25, 0.3) is 5.91 Å². The maximum Gasteiger partial charge on any atom is 0.315 e. The molecule has 0 bridgehead atoms. The molecule has 0 unspecified atom stereocenters. The molecule has 2 aromatic heterocycles. The van der Waals surface area contributed by atoms with Crippen LogP contribution in [0.3, 0.4) is 0 Å². The topological polar surface area (TPSA) is 90.1 Å². The van der Waals surface area contributed by atoms with Gasteiger partial charge in [-0.05, 0) is 36.5 Å². The number of rotatable bonds is 3. The molecule has 0 aromatic carbocycles. The van der Waals surface area contributed by atoms with E-state index in [-0.39, 0.29) is 18.0 Å². The summed E-state index contributed by atoms with van der Waals surface area (Å²) in [7, 11) is 0. The van der Waals surface area contributed by atoms with Crippen LogP contribution in [0.4, 0.5) is 4.79 Å². The zero-order chi connectivity index (χ0) is 19.3. The Morgan fingerprint density at radius 3 is 2.86 bits per heavy atom. The van der Waals surface area contributed by atoms with Gasteiger partial charge in [0.15, 0.2) is 0 Å². The molecule has 28 heavy (non-hydrogen) atoms. The van der Waals surface area contributed by atoms with Crippen molar-refractivity contribution in [2.45, 2.75) is 44.7 Å². The van der Waals surface area contributed by atoms with E-state index in [2.05, 4.69) is 32.4 Å². The molecule has 0 spiro atoms. The highest BCUT2D eigenvalue weighted by Crippen LogP contribution is 2.22. The maximum absolute atomic E-state index is 12.1. The summed E-state index contributed by atoms with van der Waals surface area (Å²) in [5.41, 5.74) is 1.81. The Morgan fingerprint density at radius 2 is 2.04 bits per heavy atom. The van der Waals surface area contributed by atoms with Gasteiger partial charge in [-0.25, -0.2) is 9.78 Å². The van der Waals surface area contributed by atoms with Crippen LogP contribution in [0.2, 0.25) is 0 Å². The summed E-state index contributed by atoms with van der Waals surface area (Å²) in [6.07, 6.45) is 9.48. The van der Waals surface area contributed by atoms with Crippen molar-refractivity contribution in [2.24, 2.45) is 5.92 Å². The Morgan fingerprint density at radius 1 is 1.21 bits per heavy atom. The fourth-order valence-corrected chi connectivity index (χ4v) is 3.81. The van der Waals surface area contributed by atoms with Crippen molar-refractivity contribution in [3.63, 3.8) is 0 Å². The fourth-order valence-electron chi connectivity index (χ4n) is 3.81. The van der Waals surface area contributed by atoms with Crippen molar-refractivity contribution in [3.8, 4) is 11.8 Å². The Bertz CT molecular complexity index is 914. The predicted octanol–water partition coefficient (Wildman–Crippen LogP) is 2.16. The molecule has 7 nitrogen and oxygen atoms in total. The smallest absolute Gasteiger partial charge is 0.315 e. The zero-order valence-corrected chi connectivity index (χ0v) is 15.8. The van der Waals surface area contributed by atoms with Gasteiger partial charge in [-0.1, -0.05) is 25.2 Å². The second-order valence-corrected chi connectivity index (χ2v) is 7.55. The standard InChI is InChI=1S/C21H25N5O2/c27-19(7-6-15-4-2-1-3-5-15)26-13-17(14-26)25-21(28)24-12-16-8-10-22-20-18(16)9-11-23-20/h8-11,15,17H,1-5,12-14H2,(H,22,23)(H2,24,25,28). The number of carbonyl (C=O) groups is 2. The number of pyridine rings is 1. The molecule has 7 heteroatoms. The Kier molecular flexibility index (Phi) is 5.47. The summed E-state index contributed by atoms with van der Waals surface area (Å²) in [6, 6.07) is 3.59. The number of carbonyl (C=O) groups excluding carboxylic acids is 2. The van der Waals surface area contributed by atoms with Gasteiger partial charge in [0, 0.05) is 43.3 Å². The Labute approximate surface area is 164 Å². The number of nitrogens with one attached hydrogen (secondary N) is 3. The number of hydrogen-bond acceptors (Lipinski definition) is 3. The third kappa shape index (κ3) is 4.28. The van der Waals surface area contributed by atoms with Crippen LogP contribution in [0.15, 0.2) is 24.5 Å². The van der Waals surface area contributed by atoms with Crippen LogP contribution in [-0.4, -0.2) is 45.9 Å². The largest absolute Gasteiger partial charge is 0.346 e. The normalized spacial score (nSPS) is 17.5. The van der Waals surface area contributed by atoms with Crippen molar-refractivity contribution in [1.29, 1.82) is 0 Å². The van der Waals surface area contributed by atoms with Crippen LogP contribution >= 0.6 is 0 Å². The number of amides is 3. The Hall–Kier alpha value is -3.01. The first kappa shape index (κ1) is 18.4. The van der Waals surface area contributed by atoms with Crippen LogP contribution in [0, 0.1) is 17.8 Å². The summed E-state index contributed by atoms with van der Waals surface area (Å²) in [5.74, 6) is 6.16. The Balaban J connectivity index is 1.19. The van der Waals surface area contributed by atoms with E-state index in [1.54, 1.807) is 11.1 Å². The van der Waals surface area contributed by atoms with Crippen molar-refractivity contribution in [1.82, 2.24) is 25.5 Å². The highest BCUT2D eigenvalue weighted by Gasteiger charge is 2.31. The van der Waals surface area contributed by atoms with Gasteiger partial charge < -0.3 is 20.5 Å². The molecule has 2 aromatic rings. The monoisotopic (exact) mass is 379 g/mol. The quantitative estimate of drug-likeness (QED) is 0.714. The summed E-state index contributed by atoms with van der Waals surface area (Å²) in [6.45, 7) is 1.46. The van der Waals surface area contributed by atoms with Crippen LogP contribution in [0.25, 0.3) is 11.0 Å². The number of hydrogen-bond donors (Lipinski definition) is 3. The van der Waals surface area contributed by atoms with Gasteiger partial charge in [0.1, 0.15) is 5.65 Å². The first-order valence-corrected chi connectivity index (χ1v) is 9.95. The highest BCUT2D eigenvalue weighted by molar-refractivity contribution is 5.94. The van der Waals surface area contributed by atoms with Gasteiger partial charge in [0.2, 0.25) is 0 Å².